The van der Waals surface area contributed by atoms with Gasteiger partial charge in [-0.05, 0) is 18.6 Å². The van der Waals surface area contributed by atoms with Crippen LogP contribution in [0.4, 0.5) is 5.69 Å². The Morgan fingerprint density at radius 2 is 2.11 bits per heavy atom. The molecule has 1 aromatic carbocycles. The number of nitrogens with two attached hydrogens (primary N) is 1. The van der Waals surface area contributed by atoms with Crippen LogP contribution in [-0.2, 0) is 10.0 Å². The topological polar surface area (TPSA) is 92.9 Å². The average molecular weight is 288 g/mol. The molecule has 0 spiro atoms. The van der Waals surface area contributed by atoms with Crippen LogP contribution in [0.25, 0.3) is 0 Å². The Balaban J connectivity index is 3.17. The quantitative estimate of drug-likeness (QED) is 0.719. The molecule has 0 atom stereocenters. The Hall–Kier alpha value is -1.31. The molecule has 0 unspecified atom stereocenters. The molecule has 0 aliphatic carbocycles. The number of nitrogens with zero attached hydrogens (tertiary/aromatic N) is 1. The minimum Gasteiger partial charge on any atom is -0.495 e. The molecule has 0 heterocycles. The monoisotopic (exact) mass is 288 g/mol. The summed E-state index contributed by atoms with van der Waals surface area (Å²) in [4.78, 5) is 0.0870. The second-order valence-electron chi connectivity index (χ2n) is 3.98. The van der Waals surface area contributed by atoms with Crippen molar-refractivity contribution in [1.82, 2.24) is 4.31 Å². The van der Waals surface area contributed by atoms with Gasteiger partial charge in [-0.3, -0.25) is 0 Å². The van der Waals surface area contributed by atoms with Crippen molar-refractivity contribution in [3.05, 3.63) is 18.2 Å². The molecule has 0 bridgehead atoms. The van der Waals surface area contributed by atoms with Gasteiger partial charge in [-0.1, -0.05) is 6.92 Å². The second kappa shape index (κ2) is 6.74. The van der Waals surface area contributed by atoms with Crippen LogP contribution in [0.5, 0.6) is 5.75 Å². The van der Waals surface area contributed by atoms with Crippen LogP contribution in [0.15, 0.2) is 23.1 Å². The molecule has 3 N–H and O–H groups in total. The van der Waals surface area contributed by atoms with Crippen LogP contribution in [0.1, 0.15) is 13.3 Å². The van der Waals surface area contributed by atoms with E-state index in [1.807, 2.05) is 0 Å². The zero-order chi connectivity index (χ0) is 14.5. The summed E-state index contributed by atoms with van der Waals surface area (Å²) in [5, 5.41) is 8.82. The number of aliphatic hydroxyl groups is 1. The van der Waals surface area contributed by atoms with Gasteiger partial charge in [0.25, 0.3) is 0 Å². The Bertz CT molecular complexity index is 516. The third kappa shape index (κ3) is 3.59. The number of aliphatic hydroxyl groups excluding tert-OH is 1. The summed E-state index contributed by atoms with van der Waals surface area (Å²) in [6.07, 6.45) is 0.393. The van der Waals surface area contributed by atoms with E-state index in [0.29, 0.717) is 18.7 Å². The van der Waals surface area contributed by atoms with E-state index in [2.05, 4.69) is 0 Å². The van der Waals surface area contributed by atoms with E-state index in [4.69, 9.17) is 15.6 Å². The summed E-state index contributed by atoms with van der Waals surface area (Å²) in [6, 6.07) is 4.44. The summed E-state index contributed by atoms with van der Waals surface area (Å²) in [6.45, 7) is 2.29. The first kappa shape index (κ1) is 15.7. The van der Waals surface area contributed by atoms with Crippen molar-refractivity contribution in [3.8, 4) is 5.75 Å². The lowest BCUT2D eigenvalue weighted by Crippen LogP contribution is -2.32. The van der Waals surface area contributed by atoms with Crippen LogP contribution >= 0.6 is 0 Å². The van der Waals surface area contributed by atoms with Gasteiger partial charge in [0.05, 0.1) is 7.11 Å². The number of hydrogen-bond acceptors (Lipinski definition) is 5. The molecule has 6 nitrogen and oxygen atoms in total. The van der Waals surface area contributed by atoms with Gasteiger partial charge in [0.2, 0.25) is 10.0 Å². The molecule has 0 aliphatic heterocycles. The minimum atomic E-state index is -3.64. The van der Waals surface area contributed by atoms with Crippen molar-refractivity contribution in [1.29, 1.82) is 0 Å². The van der Waals surface area contributed by atoms with E-state index in [9.17, 15) is 8.42 Å². The first-order valence-electron chi connectivity index (χ1n) is 6.01. The van der Waals surface area contributed by atoms with Gasteiger partial charge in [-0.25, -0.2) is 8.42 Å². The first-order valence-corrected chi connectivity index (χ1v) is 7.45. The average Bonchev–Trinajstić information content (AvgIpc) is 2.38. The van der Waals surface area contributed by atoms with Gasteiger partial charge in [0, 0.05) is 31.5 Å². The van der Waals surface area contributed by atoms with E-state index >= 15 is 0 Å². The standard InChI is InChI=1S/C12H20N2O4S/c1-3-14(7-4-8-15)19(16,17)12-6-5-10(13)9-11(12)18-2/h5-6,9,15H,3-4,7-8,13H2,1-2H3. The molecule has 1 rings (SSSR count). The SMILES string of the molecule is CCN(CCCO)S(=O)(=O)c1ccc(N)cc1OC. The van der Waals surface area contributed by atoms with Gasteiger partial charge in [0.1, 0.15) is 10.6 Å². The summed E-state index contributed by atoms with van der Waals surface area (Å²) in [5.41, 5.74) is 6.05. The van der Waals surface area contributed by atoms with E-state index in [1.165, 1.54) is 29.6 Å². The van der Waals surface area contributed by atoms with Crippen LogP contribution in [0.3, 0.4) is 0 Å². The lowest BCUT2D eigenvalue weighted by Gasteiger charge is -2.21. The van der Waals surface area contributed by atoms with Crippen molar-refractivity contribution < 1.29 is 18.3 Å². The lowest BCUT2D eigenvalue weighted by molar-refractivity contribution is 0.271. The van der Waals surface area contributed by atoms with Crippen molar-refractivity contribution in [3.63, 3.8) is 0 Å². The van der Waals surface area contributed by atoms with Crippen LogP contribution < -0.4 is 10.5 Å². The van der Waals surface area contributed by atoms with E-state index in [0.717, 1.165) is 0 Å². The molecule has 0 fully saturated rings. The van der Waals surface area contributed by atoms with Crippen molar-refractivity contribution in [2.24, 2.45) is 0 Å². The van der Waals surface area contributed by atoms with E-state index < -0.39 is 10.0 Å². The molecule has 1 aromatic rings. The fraction of sp³-hybridized carbons (Fsp3) is 0.500. The van der Waals surface area contributed by atoms with Crippen LogP contribution in [-0.4, -0.2) is 44.6 Å². The number of anilines is 1. The minimum absolute atomic E-state index is 0.0507. The normalized spacial score (nSPS) is 11.8. The maximum Gasteiger partial charge on any atom is 0.246 e. The predicted octanol–water partition coefficient (Wildman–Crippen LogP) is 0.670. The maximum absolute atomic E-state index is 12.5. The lowest BCUT2D eigenvalue weighted by atomic mass is 10.3. The van der Waals surface area contributed by atoms with Crippen molar-refractivity contribution >= 4 is 15.7 Å². The summed E-state index contributed by atoms with van der Waals surface area (Å²) < 4.78 is 31.3. The molecule has 19 heavy (non-hydrogen) atoms. The highest BCUT2D eigenvalue weighted by molar-refractivity contribution is 7.89. The van der Waals surface area contributed by atoms with E-state index in [-0.39, 0.29) is 23.8 Å². The number of nitrogen functional groups attached to an aromatic ring is 1. The molecule has 0 radical (unpaired) electrons. The molecule has 0 saturated heterocycles. The molecule has 0 amide bonds. The predicted molar refractivity (Wildman–Crippen MR) is 73.5 cm³/mol. The molecule has 108 valence electrons. The zero-order valence-corrected chi connectivity index (χ0v) is 12.0. The Kier molecular flexibility index (Phi) is 5.59. The third-order valence-corrected chi connectivity index (χ3v) is 4.74. The van der Waals surface area contributed by atoms with Gasteiger partial charge in [-0.15, -0.1) is 0 Å². The van der Waals surface area contributed by atoms with Crippen molar-refractivity contribution in [2.45, 2.75) is 18.2 Å². The Morgan fingerprint density at radius 1 is 1.42 bits per heavy atom. The number of methoxy groups -OCH3 is 1. The fourth-order valence-corrected chi connectivity index (χ4v) is 3.36. The van der Waals surface area contributed by atoms with Crippen molar-refractivity contribution in [2.75, 3.05) is 32.5 Å². The number of ether oxygens (including phenoxy) is 1. The molecule has 7 heteroatoms. The maximum atomic E-state index is 12.5. The summed E-state index contributed by atoms with van der Waals surface area (Å²) in [5.74, 6) is 0.224. The van der Waals surface area contributed by atoms with Gasteiger partial charge in [0.15, 0.2) is 0 Å². The highest BCUT2D eigenvalue weighted by Gasteiger charge is 2.26. The third-order valence-electron chi connectivity index (χ3n) is 2.72. The first-order chi connectivity index (χ1) is 8.97. The van der Waals surface area contributed by atoms with Gasteiger partial charge in [-0.2, -0.15) is 4.31 Å². The summed E-state index contributed by atoms with van der Waals surface area (Å²) >= 11 is 0. The Morgan fingerprint density at radius 3 is 2.63 bits per heavy atom. The van der Waals surface area contributed by atoms with Crippen LogP contribution in [0, 0.1) is 0 Å². The molecule has 0 aromatic heterocycles. The number of hydrogen-bond donors (Lipinski definition) is 2. The molecule has 0 aliphatic rings. The van der Waals surface area contributed by atoms with Crippen LogP contribution in [0.2, 0.25) is 0 Å². The second-order valence-corrected chi connectivity index (χ2v) is 5.89. The number of sulfonamides is 1. The largest absolute Gasteiger partial charge is 0.495 e. The highest BCUT2D eigenvalue weighted by Crippen LogP contribution is 2.28. The number of benzene rings is 1. The number of rotatable bonds is 7. The molecular weight excluding hydrogens is 268 g/mol. The summed E-state index contributed by atoms with van der Waals surface area (Å²) in [7, 11) is -2.24. The Labute approximate surface area is 113 Å². The molecular formula is C12H20N2O4S. The fourth-order valence-electron chi connectivity index (χ4n) is 1.73. The zero-order valence-electron chi connectivity index (χ0n) is 11.2. The molecule has 0 saturated carbocycles. The van der Waals surface area contributed by atoms with Gasteiger partial charge >= 0.3 is 0 Å². The highest BCUT2D eigenvalue weighted by atomic mass is 32.2. The van der Waals surface area contributed by atoms with E-state index in [1.54, 1.807) is 6.92 Å². The smallest absolute Gasteiger partial charge is 0.246 e. The van der Waals surface area contributed by atoms with Gasteiger partial charge < -0.3 is 15.6 Å².